The number of para-hydroxylation sites is 3. The molecule has 0 aliphatic heterocycles. The first-order valence-electron chi connectivity index (χ1n) is 10.9. The fraction of sp³-hybridized carbons (Fsp3) is 0.0741. The van der Waals surface area contributed by atoms with Gasteiger partial charge >= 0.3 is 0 Å². The minimum atomic E-state index is -4.15. The number of sulfonamides is 1. The van der Waals surface area contributed by atoms with Gasteiger partial charge in [0.2, 0.25) is 5.91 Å². The van der Waals surface area contributed by atoms with Crippen LogP contribution in [0.5, 0.6) is 17.2 Å². The topological polar surface area (TPSA) is 84.9 Å². The normalized spacial score (nSPS) is 10.9. The van der Waals surface area contributed by atoms with E-state index in [-0.39, 0.29) is 16.3 Å². The van der Waals surface area contributed by atoms with E-state index in [1.807, 2.05) is 18.2 Å². The van der Waals surface area contributed by atoms with Crippen molar-refractivity contribution in [2.45, 2.75) is 4.90 Å². The molecule has 0 bridgehead atoms. The quantitative estimate of drug-likeness (QED) is 0.292. The number of methoxy groups -OCH3 is 1. The molecule has 0 aliphatic rings. The van der Waals surface area contributed by atoms with E-state index in [1.54, 1.807) is 66.7 Å². The number of halogens is 1. The van der Waals surface area contributed by atoms with Crippen molar-refractivity contribution in [2.24, 2.45) is 0 Å². The molecule has 0 heterocycles. The highest BCUT2D eigenvalue weighted by Gasteiger charge is 2.30. The molecule has 0 spiro atoms. The Balaban J connectivity index is 1.67. The van der Waals surface area contributed by atoms with Crippen LogP contribution in [0.15, 0.2) is 108 Å². The summed E-state index contributed by atoms with van der Waals surface area (Å²) in [7, 11) is -2.73. The third kappa shape index (κ3) is 5.79. The average molecular weight is 523 g/mol. The van der Waals surface area contributed by atoms with E-state index in [0.29, 0.717) is 22.2 Å². The number of benzene rings is 4. The molecule has 4 aromatic carbocycles. The molecule has 4 aromatic rings. The lowest BCUT2D eigenvalue weighted by Gasteiger charge is -2.26. The van der Waals surface area contributed by atoms with Gasteiger partial charge in [0, 0.05) is 5.02 Å². The number of rotatable bonds is 9. The van der Waals surface area contributed by atoms with Gasteiger partial charge in [0.15, 0.2) is 5.75 Å². The van der Waals surface area contributed by atoms with E-state index in [4.69, 9.17) is 21.1 Å². The van der Waals surface area contributed by atoms with Gasteiger partial charge in [-0.05, 0) is 54.6 Å². The number of nitrogens with one attached hydrogen (secondary N) is 1. The van der Waals surface area contributed by atoms with Crippen LogP contribution in [0.2, 0.25) is 5.02 Å². The van der Waals surface area contributed by atoms with Crippen molar-refractivity contribution in [1.29, 1.82) is 0 Å². The van der Waals surface area contributed by atoms with Crippen LogP contribution >= 0.6 is 11.6 Å². The maximum absolute atomic E-state index is 13.6. The average Bonchev–Trinajstić information content (AvgIpc) is 2.89. The third-order valence-corrected chi connectivity index (χ3v) is 7.17. The molecule has 0 saturated carbocycles. The van der Waals surface area contributed by atoms with Crippen molar-refractivity contribution in [3.8, 4) is 17.2 Å². The fourth-order valence-corrected chi connectivity index (χ4v) is 5.08. The van der Waals surface area contributed by atoms with E-state index in [0.717, 1.165) is 4.31 Å². The SMILES string of the molecule is COc1ccc(Cl)cc1N(CC(=O)Nc1ccccc1Oc1ccccc1)S(=O)(=O)c1ccccc1. The van der Waals surface area contributed by atoms with Crippen LogP contribution in [-0.4, -0.2) is 28.0 Å². The molecule has 0 aromatic heterocycles. The van der Waals surface area contributed by atoms with Crippen molar-refractivity contribution < 1.29 is 22.7 Å². The highest BCUT2D eigenvalue weighted by molar-refractivity contribution is 7.92. The van der Waals surface area contributed by atoms with Crippen molar-refractivity contribution >= 4 is 38.9 Å². The monoisotopic (exact) mass is 522 g/mol. The molecule has 4 rings (SSSR count). The van der Waals surface area contributed by atoms with Crippen molar-refractivity contribution in [3.05, 3.63) is 108 Å². The van der Waals surface area contributed by atoms with Crippen LogP contribution in [0.1, 0.15) is 0 Å². The Morgan fingerprint density at radius 2 is 1.50 bits per heavy atom. The Morgan fingerprint density at radius 1 is 0.861 bits per heavy atom. The number of carbonyl (C=O) groups excluding carboxylic acids is 1. The second kappa shape index (κ2) is 11.2. The third-order valence-electron chi connectivity index (χ3n) is 5.16. The van der Waals surface area contributed by atoms with Gasteiger partial charge < -0.3 is 14.8 Å². The lowest BCUT2D eigenvalue weighted by molar-refractivity contribution is -0.114. The molecule has 0 radical (unpaired) electrons. The summed E-state index contributed by atoms with van der Waals surface area (Å²) in [6.45, 7) is -0.534. The Hall–Kier alpha value is -4.01. The Kier molecular flexibility index (Phi) is 7.77. The Bertz CT molecular complexity index is 1450. The first-order chi connectivity index (χ1) is 17.4. The van der Waals surface area contributed by atoms with Crippen LogP contribution in [0, 0.1) is 0 Å². The first-order valence-corrected chi connectivity index (χ1v) is 12.7. The van der Waals surface area contributed by atoms with Gasteiger partial charge in [0.25, 0.3) is 10.0 Å². The summed E-state index contributed by atoms with van der Waals surface area (Å²) in [5.41, 5.74) is 0.527. The lowest BCUT2D eigenvalue weighted by Crippen LogP contribution is -2.38. The van der Waals surface area contributed by atoms with Crippen molar-refractivity contribution in [1.82, 2.24) is 0 Å². The smallest absolute Gasteiger partial charge is 0.264 e. The molecule has 0 fully saturated rings. The molecule has 0 unspecified atom stereocenters. The largest absolute Gasteiger partial charge is 0.495 e. The highest BCUT2D eigenvalue weighted by Crippen LogP contribution is 2.35. The predicted molar refractivity (Wildman–Crippen MR) is 141 cm³/mol. The summed E-state index contributed by atoms with van der Waals surface area (Å²) in [6.07, 6.45) is 0. The van der Waals surface area contributed by atoms with Gasteiger partial charge in [-0.1, -0.05) is 60.1 Å². The summed E-state index contributed by atoms with van der Waals surface area (Å²) in [6, 6.07) is 28.4. The van der Waals surface area contributed by atoms with Gasteiger partial charge in [-0.15, -0.1) is 0 Å². The van der Waals surface area contributed by atoms with Gasteiger partial charge in [-0.3, -0.25) is 9.10 Å². The second-order valence-electron chi connectivity index (χ2n) is 7.60. The maximum atomic E-state index is 13.6. The van der Waals surface area contributed by atoms with Crippen LogP contribution in [-0.2, 0) is 14.8 Å². The van der Waals surface area contributed by atoms with Crippen LogP contribution in [0.4, 0.5) is 11.4 Å². The van der Waals surface area contributed by atoms with E-state index < -0.39 is 22.5 Å². The molecular weight excluding hydrogens is 500 g/mol. The summed E-state index contributed by atoms with van der Waals surface area (Å²) < 4.78 is 39.5. The second-order valence-corrected chi connectivity index (χ2v) is 9.90. The molecule has 0 atom stereocenters. The van der Waals surface area contributed by atoms with Gasteiger partial charge in [0.05, 0.1) is 23.4 Å². The van der Waals surface area contributed by atoms with E-state index >= 15 is 0 Å². The molecule has 0 saturated heterocycles. The lowest BCUT2D eigenvalue weighted by atomic mass is 10.2. The predicted octanol–water partition coefficient (Wildman–Crippen LogP) is 5.97. The summed E-state index contributed by atoms with van der Waals surface area (Å²) in [5.74, 6) is 0.672. The molecule has 1 amide bonds. The first kappa shape index (κ1) is 25.1. The molecule has 0 aliphatic carbocycles. The van der Waals surface area contributed by atoms with E-state index in [9.17, 15) is 13.2 Å². The molecule has 184 valence electrons. The molecule has 36 heavy (non-hydrogen) atoms. The highest BCUT2D eigenvalue weighted by atomic mass is 35.5. The Morgan fingerprint density at radius 3 is 2.19 bits per heavy atom. The molecular formula is C27H23ClN2O5S. The van der Waals surface area contributed by atoms with Crippen LogP contribution < -0.4 is 19.1 Å². The number of amides is 1. The number of hydrogen-bond acceptors (Lipinski definition) is 5. The van der Waals surface area contributed by atoms with Crippen molar-refractivity contribution in [3.63, 3.8) is 0 Å². The number of nitrogens with zero attached hydrogens (tertiary/aromatic N) is 1. The van der Waals surface area contributed by atoms with Crippen LogP contribution in [0.25, 0.3) is 0 Å². The summed E-state index contributed by atoms with van der Waals surface area (Å²) in [4.78, 5) is 13.2. The van der Waals surface area contributed by atoms with Crippen LogP contribution in [0.3, 0.4) is 0 Å². The van der Waals surface area contributed by atoms with Gasteiger partial charge in [-0.25, -0.2) is 8.42 Å². The zero-order valence-corrected chi connectivity index (χ0v) is 20.9. The summed E-state index contributed by atoms with van der Waals surface area (Å²) >= 11 is 6.18. The minimum absolute atomic E-state index is 0.0210. The van der Waals surface area contributed by atoms with Gasteiger partial charge in [-0.2, -0.15) is 0 Å². The molecule has 7 nitrogen and oxygen atoms in total. The number of hydrogen-bond donors (Lipinski definition) is 1. The molecule has 1 N–H and O–H groups in total. The maximum Gasteiger partial charge on any atom is 0.264 e. The zero-order valence-electron chi connectivity index (χ0n) is 19.3. The summed E-state index contributed by atoms with van der Waals surface area (Å²) in [5, 5.41) is 3.06. The van der Waals surface area contributed by atoms with E-state index in [1.165, 1.54) is 25.3 Å². The van der Waals surface area contributed by atoms with Gasteiger partial charge in [0.1, 0.15) is 18.0 Å². The number of anilines is 2. The Labute approximate surface area is 214 Å². The number of ether oxygens (including phenoxy) is 2. The fourth-order valence-electron chi connectivity index (χ4n) is 3.47. The minimum Gasteiger partial charge on any atom is -0.495 e. The standard InChI is InChI=1S/C27H23ClN2O5S/c1-34-26-17-16-20(28)18-24(26)30(36(32,33)22-12-6-3-7-13-22)19-27(31)29-23-14-8-9-15-25(23)35-21-10-4-2-5-11-21/h2-18H,19H2,1H3,(H,29,31). The number of carbonyl (C=O) groups is 1. The van der Waals surface area contributed by atoms with E-state index in [2.05, 4.69) is 5.32 Å². The zero-order chi connectivity index (χ0) is 25.5. The molecule has 9 heteroatoms. The van der Waals surface area contributed by atoms with Crippen molar-refractivity contribution in [2.75, 3.05) is 23.3 Å².